The molecule has 1 amide bonds. The molecule has 0 aliphatic carbocycles. The molecule has 0 radical (unpaired) electrons. The Labute approximate surface area is 125 Å². The number of hydrogen-bond donors (Lipinski definition) is 1. The number of rotatable bonds is 5. The molecule has 1 N–H and O–H groups in total. The Morgan fingerprint density at radius 2 is 2.15 bits per heavy atom. The lowest BCUT2D eigenvalue weighted by Gasteiger charge is -2.31. The zero-order valence-corrected chi connectivity index (χ0v) is 12.9. The van der Waals surface area contributed by atoms with Crippen LogP contribution in [0, 0.1) is 12.8 Å². The lowest BCUT2D eigenvalue weighted by molar-refractivity contribution is -0.132. The van der Waals surface area contributed by atoms with Gasteiger partial charge in [-0.3, -0.25) is 4.79 Å². The van der Waals surface area contributed by atoms with Gasteiger partial charge in [-0.25, -0.2) is 0 Å². The van der Waals surface area contributed by atoms with Gasteiger partial charge in [0.05, 0.1) is 0 Å². The van der Waals surface area contributed by atoms with Crippen molar-refractivity contribution in [1.29, 1.82) is 0 Å². The van der Waals surface area contributed by atoms with Gasteiger partial charge in [-0.05, 0) is 37.8 Å². The van der Waals surface area contributed by atoms with E-state index in [4.69, 9.17) is 0 Å². The molecule has 2 rings (SSSR count). The summed E-state index contributed by atoms with van der Waals surface area (Å²) in [6, 6.07) is 8.40. The summed E-state index contributed by atoms with van der Waals surface area (Å²) in [5, 5.41) is 9.20. The zero-order valence-electron chi connectivity index (χ0n) is 12.0. The minimum Gasteiger partial charge on any atom is -0.396 e. The van der Waals surface area contributed by atoms with Crippen molar-refractivity contribution in [2.24, 2.45) is 5.92 Å². The Morgan fingerprint density at radius 1 is 1.40 bits per heavy atom. The van der Waals surface area contributed by atoms with Crippen LogP contribution in [0.1, 0.15) is 24.8 Å². The van der Waals surface area contributed by atoms with E-state index in [9.17, 15) is 9.90 Å². The first kappa shape index (κ1) is 15.4. The molecule has 1 fully saturated rings. The maximum atomic E-state index is 12.1. The third kappa shape index (κ3) is 4.53. The molecule has 1 atom stereocenters. The van der Waals surface area contributed by atoms with Gasteiger partial charge in [0.2, 0.25) is 5.91 Å². The summed E-state index contributed by atoms with van der Waals surface area (Å²) in [6.45, 7) is 3.85. The van der Waals surface area contributed by atoms with Gasteiger partial charge >= 0.3 is 0 Å². The number of amides is 1. The Kier molecular flexibility index (Phi) is 5.92. The first-order valence-corrected chi connectivity index (χ1v) is 8.25. The summed E-state index contributed by atoms with van der Waals surface area (Å²) in [5.41, 5.74) is 1.26. The normalized spacial score (nSPS) is 19.1. The van der Waals surface area contributed by atoms with Crippen LogP contribution < -0.4 is 0 Å². The number of carbonyl (C=O) groups is 1. The topological polar surface area (TPSA) is 40.5 Å². The van der Waals surface area contributed by atoms with Gasteiger partial charge in [0.1, 0.15) is 0 Å². The number of thioether (sulfide) groups is 1. The fourth-order valence-corrected chi connectivity index (χ4v) is 3.33. The minimum absolute atomic E-state index is 0.196. The molecule has 3 nitrogen and oxygen atoms in total. The fourth-order valence-electron chi connectivity index (χ4n) is 2.49. The minimum atomic E-state index is 0.196. The van der Waals surface area contributed by atoms with Crippen LogP contribution in [-0.2, 0) is 4.79 Å². The number of nitrogens with zero attached hydrogens (tertiary/aromatic N) is 1. The summed E-state index contributed by atoms with van der Waals surface area (Å²) in [5.74, 6) is 1.32. The van der Waals surface area contributed by atoms with Crippen molar-refractivity contribution in [3.63, 3.8) is 0 Å². The van der Waals surface area contributed by atoms with Crippen LogP contribution in [0.4, 0.5) is 0 Å². The van der Waals surface area contributed by atoms with Crippen molar-refractivity contribution in [2.45, 2.75) is 31.1 Å². The van der Waals surface area contributed by atoms with E-state index in [0.29, 0.717) is 6.42 Å². The molecule has 1 heterocycles. The van der Waals surface area contributed by atoms with Crippen LogP contribution in [0.3, 0.4) is 0 Å². The van der Waals surface area contributed by atoms with Gasteiger partial charge in [-0.15, -0.1) is 11.8 Å². The predicted octanol–water partition coefficient (Wildman–Crippen LogP) is 2.71. The van der Waals surface area contributed by atoms with Crippen LogP contribution in [-0.4, -0.2) is 41.4 Å². The van der Waals surface area contributed by atoms with Crippen molar-refractivity contribution in [2.75, 3.05) is 25.4 Å². The lowest BCUT2D eigenvalue weighted by Crippen LogP contribution is -2.41. The second kappa shape index (κ2) is 7.70. The summed E-state index contributed by atoms with van der Waals surface area (Å²) in [6.07, 6.45) is 2.64. The van der Waals surface area contributed by atoms with E-state index in [1.165, 1.54) is 10.5 Å². The van der Waals surface area contributed by atoms with Crippen LogP contribution in [0.5, 0.6) is 0 Å². The van der Waals surface area contributed by atoms with Crippen molar-refractivity contribution < 1.29 is 9.90 Å². The molecule has 1 aromatic rings. The number of aryl methyl sites for hydroxylation is 1. The average molecular weight is 293 g/mol. The van der Waals surface area contributed by atoms with E-state index >= 15 is 0 Å². The summed E-state index contributed by atoms with van der Waals surface area (Å²) < 4.78 is 0. The van der Waals surface area contributed by atoms with Gasteiger partial charge < -0.3 is 10.0 Å². The van der Waals surface area contributed by atoms with E-state index in [1.807, 2.05) is 4.90 Å². The SMILES string of the molecule is Cc1ccc(SCCC(=O)N2CCCC(CO)C2)cc1. The number of piperidine rings is 1. The molecule has 1 aromatic carbocycles. The molecule has 20 heavy (non-hydrogen) atoms. The molecule has 1 aliphatic heterocycles. The Balaban J connectivity index is 1.73. The molecule has 1 aliphatic rings. The van der Waals surface area contributed by atoms with E-state index < -0.39 is 0 Å². The second-order valence-corrected chi connectivity index (χ2v) is 6.61. The molecule has 110 valence electrons. The van der Waals surface area contributed by atoms with Gasteiger partial charge in [-0.1, -0.05) is 17.7 Å². The van der Waals surface area contributed by atoms with Crippen molar-refractivity contribution in [1.82, 2.24) is 4.90 Å². The summed E-state index contributed by atoms with van der Waals surface area (Å²) in [7, 11) is 0. The molecule has 0 bridgehead atoms. The molecule has 4 heteroatoms. The van der Waals surface area contributed by atoms with Crippen LogP contribution in [0.2, 0.25) is 0 Å². The maximum Gasteiger partial charge on any atom is 0.223 e. The standard InChI is InChI=1S/C16H23NO2S/c1-13-4-6-15(7-5-13)20-10-8-16(19)17-9-2-3-14(11-17)12-18/h4-7,14,18H,2-3,8-12H2,1H3. The highest BCUT2D eigenvalue weighted by atomic mass is 32.2. The number of aliphatic hydroxyl groups is 1. The highest BCUT2D eigenvalue weighted by molar-refractivity contribution is 7.99. The number of aliphatic hydroxyl groups excluding tert-OH is 1. The first-order chi connectivity index (χ1) is 9.69. The second-order valence-electron chi connectivity index (χ2n) is 5.44. The van der Waals surface area contributed by atoms with Crippen LogP contribution >= 0.6 is 11.8 Å². The Morgan fingerprint density at radius 3 is 2.85 bits per heavy atom. The summed E-state index contributed by atoms with van der Waals surface area (Å²) in [4.78, 5) is 15.3. The Bertz CT molecular complexity index is 433. The van der Waals surface area contributed by atoms with E-state index in [1.54, 1.807) is 11.8 Å². The van der Waals surface area contributed by atoms with Crippen LogP contribution in [0.25, 0.3) is 0 Å². The quantitative estimate of drug-likeness (QED) is 0.849. The first-order valence-electron chi connectivity index (χ1n) is 7.27. The van der Waals surface area contributed by atoms with Gasteiger partial charge in [0.15, 0.2) is 0 Å². The number of carbonyl (C=O) groups excluding carboxylic acids is 1. The lowest BCUT2D eigenvalue weighted by atomic mass is 9.99. The smallest absolute Gasteiger partial charge is 0.223 e. The molecular formula is C16H23NO2S. The van der Waals surface area contributed by atoms with E-state index in [0.717, 1.165) is 31.7 Å². The number of likely N-dealkylation sites (tertiary alicyclic amines) is 1. The van der Waals surface area contributed by atoms with Crippen molar-refractivity contribution in [3.05, 3.63) is 29.8 Å². The number of benzene rings is 1. The summed E-state index contributed by atoms with van der Waals surface area (Å²) >= 11 is 1.73. The molecule has 0 saturated carbocycles. The zero-order chi connectivity index (χ0) is 14.4. The van der Waals surface area contributed by atoms with Crippen molar-refractivity contribution >= 4 is 17.7 Å². The highest BCUT2D eigenvalue weighted by Gasteiger charge is 2.22. The molecular weight excluding hydrogens is 270 g/mol. The predicted molar refractivity (Wildman–Crippen MR) is 82.9 cm³/mol. The molecule has 1 unspecified atom stereocenters. The van der Waals surface area contributed by atoms with Gasteiger partial charge in [-0.2, -0.15) is 0 Å². The number of hydrogen-bond acceptors (Lipinski definition) is 3. The van der Waals surface area contributed by atoms with Crippen molar-refractivity contribution in [3.8, 4) is 0 Å². The average Bonchev–Trinajstić information content (AvgIpc) is 2.49. The van der Waals surface area contributed by atoms with Gasteiger partial charge in [0.25, 0.3) is 0 Å². The molecule has 1 saturated heterocycles. The monoisotopic (exact) mass is 293 g/mol. The molecule has 0 aromatic heterocycles. The van der Waals surface area contributed by atoms with E-state index in [2.05, 4.69) is 31.2 Å². The highest BCUT2D eigenvalue weighted by Crippen LogP contribution is 2.21. The van der Waals surface area contributed by atoms with Crippen LogP contribution in [0.15, 0.2) is 29.2 Å². The Hall–Kier alpha value is -1.00. The third-order valence-electron chi connectivity index (χ3n) is 3.74. The van der Waals surface area contributed by atoms with E-state index in [-0.39, 0.29) is 18.4 Å². The largest absolute Gasteiger partial charge is 0.396 e. The maximum absolute atomic E-state index is 12.1. The third-order valence-corrected chi connectivity index (χ3v) is 4.75. The van der Waals surface area contributed by atoms with Gasteiger partial charge in [0, 0.05) is 36.8 Å². The fraction of sp³-hybridized carbons (Fsp3) is 0.562. The molecule has 0 spiro atoms.